The van der Waals surface area contributed by atoms with Crippen molar-refractivity contribution in [2.75, 3.05) is 39.8 Å². The van der Waals surface area contributed by atoms with Gasteiger partial charge in [-0.25, -0.2) is 0 Å². The van der Waals surface area contributed by atoms with Gasteiger partial charge in [0.2, 0.25) is 0 Å². The number of rotatable bonds is 3. The van der Waals surface area contributed by atoms with Crippen molar-refractivity contribution in [3.05, 3.63) is 0 Å². The van der Waals surface area contributed by atoms with Crippen molar-refractivity contribution >= 4 is 0 Å². The highest BCUT2D eigenvalue weighted by atomic mass is 15.2. The molecule has 0 bridgehead atoms. The highest BCUT2D eigenvalue weighted by molar-refractivity contribution is 4.82. The fourth-order valence-corrected chi connectivity index (χ4v) is 2.94. The SMILES string of the molecule is CN1CCCCC1CN1CCC(CN)C1. The minimum atomic E-state index is 0.763. The third-order valence-corrected chi connectivity index (χ3v) is 4.09. The smallest absolute Gasteiger partial charge is 0.0220 e. The molecule has 0 amide bonds. The van der Waals surface area contributed by atoms with E-state index in [1.54, 1.807) is 0 Å². The first-order valence-corrected chi connectivity index (χ1v) is 6.42. The molecule has 2 N–H and O–H groups in total. The standard InChI is InChI=1S/C12H25N3/c1-14-6-3-2-4-12(14)10-15-7-5-11(8-13)9-15/h11-12H,2-10,13H2,1H3. The van der Waals surface area contributed by atoms with Crippen molar-refractivity contribution in [1.29, 1.82) is 0 Å². The molecule has 0 aliphatic carbocycles. The van der Waals surface area contributed by atoms with Crippen LogP contribution in [0.1, 0.15) is 25.7 Å². The Labute approximate surface area is 93.6 Å². The highest BCUT2D eigenvalue weighted by Gasteiger charge is 2.26. The molecule has 3 heteroatoms. The first-order chi connectivity index (χ1) is 7.29. The van der Waals surface area contributed by atoms with Crippen LogP contribution in [0.2, 0.25) is 0 Å². The molecule has 0 spiro atoms. The van der Waals surface area contributed by atoms with Gasteiger partial charge in [-0.2, -0.15) is 0 Å². The van der Waals surface area contributed by atoms with Crippen LogP contribution < -0.4 is 5.73 Å². The van der Waals surface area contributed by atoms with Crippen LogP contribution in [-0.2, 0) is 0 Å². The normalized spacial score (nSPS) is 34.8. The number of likely N-dealkylation sites (N-methyl/N-ethyl adjacent to an activating group) is 1. The van der Waals surface area contributed by atoms with Crippen LogP contribution in [0, 0.1) is 5.92 Å². The molecule has 0 aromatic carbocycles. The second kappa shape index (κ2) is 5.28. The minimum Gasteiger partial charge on any atom is -0.330 e. The van der Waals surface area contributed by atoms with Crippen LogP contribution in [0.4, 0.5) is 0 Å². The molecule has 2 aliphatic rings. The molecule has 2 atom stereocenters. The van der Waals surface area contributed by atoms with E-state index in [1.165, 1.54) is 51.9 Å². The summed E-state index contributed by atoms with van der Waals surface area (Å²) in [5, 5.41) is 0. The second-order valence-corrected chi connectivity index (χ2v) is 5.28. The molecule has 0 saturated carbocycles. The number of piperidine rings is 1. The van der Waals surface area contributed by atoms with Crippen LogP contribution in [-0.4, -0.2) is 55.6 Å². The molecule has 0 aromatic rings. The number of likely N-dealkylation sites (tertiary alicyclic amines) is 2. The Hall–Kier alpha value is -0.120. The summed E-state index contributed by atoms with van der Waals surface area (Å²) >= 11 is 0. The Morgan fingerprint density at radius 2 is 2.07 bits per heavy atom. The van der Waals surface area contributed by atoms with E-state index in [0.717, 1.165) is 18.5 Å². The lowest BCUT2D eigenvalue weighted by atomic mass is 10.0. The van der Waals surface area contributed by atoms with E-state index in [1.807, 2.05) is 0 Å². The topological polar surface area (TPSA) is 32.5 Å². The minimum absolute atomic E-state index is 0.763. The van der Waals surface area contributed by atoms with E-state index in [-0.39, 0.29) is 0 Å². The van der Waals surface area contributed by atoms with Gasteiger partial charge in [-0.1, -0.05) is 6.42 Å². The number of nitrogens with zero attached hydrogens (tertiary/aromatic N) is 2. The van der Waals surface area contributed by atoms with E-state index in [4.69, 9.17) is 5.73 Å². The summed E-state index contributed by atoms with van der Waals surface area (Å²) in [7, 11) is 2.28. The number of hydrogen-bond donors (Lipinski definition) is 1. The molecule has 15 heavy (non-hydrogen) atoms. The molecular formula is C12H25N3. The molecular weight excluding hydrogens is 186 g/mol. The number of hydrogen-bond acceptors (Lipinski definition) is 3. The van der Waals surface area contributed by atoms with E-state index in [9.17, 15) is 0 Å². The van der Waals surface area contributed by atoms with E-state index < -0.39 is 0 Å². The number of nitrogens with two attached hydrogens (primary N) is 1. The molecule has 2 saturated heterocycles. The fraction of sp³-hybridized carbons (Fsp3) is 1.00. The van der Waals surface area contributed by atoms with Gasteiger partial charge in [0.15, 0.2) is 0 Å². The molecule has 88 valence electrons. The zero-order chi connectivity index (χ0) is 10.7. The van der Waals surface area contributed by atoms with Gasteiger partial charge in [-0.05, 0) is 51.9 Å². The monoisotopic (exact) mass is 211 g/mol. The van der Waals surface area contributed by atoms with Crippen molar-refractivity contribution in [3.63, 3.8) is 0 Å². The summed E-state index contributed by atoms with van der Waals surface area (Å²) < 4.78 is 0. The lowest BCUT2D eigenvalue weighted by Gasteiger charge is -2.35. The van der Waals surface area contributed by atoms with E-state index in [2.05, 4.69) is 16.8 Å². The van der Waals surface area contributed by atoms with Crippen molar-refractivity contribution in [1.82, 2.24) is 9.80 Å². The van der Waals surface area contributed by atoms with Crippen LogP contribution in [0.5, 0.6) is 0 Å². The van der Waals surface area contributed by atoms with Crippen LogP contribution in [0.25, 0.3) is 0 Å². The Morgan fingerprint density at radius 3 is 2.73 bits per heavy atom. The Morgan fingerprint density at radius 1 is 1.20 bits per heavy atom. The first kappa shape index (κ1) is 11.4. The van der Waals surface area contributed by atoms with Gasteiger partial charge in [-0.3, -0.25) is 0 Å². The van der Waals surface area contributed by atoms with Crippen molar-refractivity contribution in [2.45, 2.75) is 31.7 Å². The summed E-state index contributed by atoms with van der Waals surface area (Å²) in [6.07, 6.45) is 5.51. The molecule has 0 radical (unpaired) electrons. The van der Waals surface area contributed by atoms with Crippen LogP contribution in [0.15, 0.2) is 0 Å². The van der Waals surface area contributed by atoms with Gasteiger partial charge in [0, 0.05) is 19.1 Å². The molecule has 2 heterocycles. The maximum absolute atomic E-state index is 5.72. The van der Waals surface area contributed by atoms with Gasteiger partial charge in [-0.15, -0.1) is 0 Å². The van der Waals surface area contributed by atoms with Crippen LogP contribution in [0.3, 0.4) is 0 Å². The van der Waals surface area contributed by atoms with E-state index in [0.29, 0.717) is 0 Å². The molecule has 2 aliphatic heterocycles. The summed E-state index contributed by atoms with van der Waals surface area (Å²) in [5.41, 5.74) is 5.72. The zero-order valence-electron chi connectivity index (χ0n) is 9.99. The Bertz CT molecular complexity index is 195. The van der Waals surface area contributed by atoms with Gasteiger partial charge in [0.1, 0.15) is 0 Å². The predicted molar refractivity (Wildman–Crippen MR) is 63.9 cm³/mol. The quantitative estimate of drug-likeness (QED) is 0.748. The summed E-state index contributed by atoms with van der Waals surface area (Å²) in [5.74, 6) is 0.763. The molecule has 3 nitrogen and oxygen atoms in total. The second-order valence-electron chi connectivity index (χ2n) is 5.28. The maximum Gasteiger partial charge on any atom is 0.0220 e. The van der Waals surface area contributed by atoms with Gasteiger partial charge >= 0.3 is 0 Å². The van der Waals surface area contributed by atoms with Gasteiger partial charge in [0.25, 0.3) is 0 Å². The maximum atomic E-state index is 5.72. The Kier molecular flexibility index (Phi) is 4.00. The predicted octanol–water partition coefficient (Wildman–Crippen LogP) is 0.751. The third-order valence-electron chi connectivity index (χ3n) is 4.09. The van der Waals surface area contributed by atoms with Crippen molar-refractivity contribution in [3.8, 4) is 0 Å². The molecule has 0 aromatic heterocycles. The fourth-order valence-electron chi connectivity index (χ4n) is 2.94. The van der Waals surface area contributed by atoms with Crippen molar-refractivity contribution < 1.29 is 0 Å². The summed E-state index contributed by atoms with van der Waals surface area (Å²) in [4.78, 5) is 5.16. The van der Waals surface area contributed by atoms with E-state index >= 15 is 0 Å². The first-order valence-electron chi connectivity index (χ1n) is 6.42. The zero-order valence-corrected chi connectivity index (χ0v) is 9.99. The van der Waals surface area contributed by atoms with Gasteiger partial charge < -0.3 is 15.5 Å². The lowest BCUT2D eigenvalue weighted by molar-refractivity contribution is 0.139. The highest BCUT2D eigenvalue weighted by Crippen LogP contribution is 2.20. The van der Waals surface area contributed by atoms with Gasteiger partial charge in [0.05, 0.1) is 0 Å². The summed E-state index contributed by atoms with van der Waals surface area (Å²) in [6.45, 7) is 5.94. The largest absolute Gasteiger partial charge is 0.330 e. The Balaban J connectivity index is 1.76. The third kappa shape index (κ3) is 2.92. The average Bonchev–Trinajstić information content (AvgIpc) is 2.69. The molecule has 2 fully saturated rings. The lowest BCUT2D eigenvalue weighted by Crippen LogP contribution is -2.44. The molecule has 2 rings (SSSR count). The average molecular weight is 211 g/mol. The summed E-state index contributed by atoms with van der Waals surface area (Å²) in [6, 6.07) is 0.801. The van der Waals surface area contributed by atoms with Crippen molar-refractivity contribution in [2.24, 2.45) is 11.7 Å². The molecule has 2 unspecified atom stereocenters. The van der Waals surface area contributed by atoms with Crippen LogP contribution >= 0.6 is 0 Å².